The second kappa shape index (κ2) is 12.5. The number of hydrogen-bond donors (Lipinski definition) is 1. The molecule has 1 saturated carbocycles. The molecule has 6 unspecified atom stereocenters. The van der Waals surface area contributed by atoms with Crippen LogP contribution in [0.2, 0.25) is 0 Å². The number of carbonyl (C=O) groups excluding carboxylic acids is 4. The number of alkyl halides is 3. The van der Waals surface area contributed by atoms with E-state index >= 15 is 0 Å². The summed E-state index contributed by atoms with van der Waals surface area (Å²) < 4.78 is 25.6. The zero-order valence-electron chi connectivity index (χ0n) is 26.7. The molecular weight excluding hydrogens is 754 g/mol. The number of carbonyl (C=O) groups is 4. The average Bonchev–Trinajstić information content (AvgIpc) is 3.46. The van der Waals surface area contributed by atoms with Gasteiger partial charge in [0, 0.05) is 17.0 Å². The Morgan fingerprint density at radius 2 is 1.70 bits per heavy atom. The summed E-state index contributed by atoms with van der Waals surface area (Å²) in [5.74, 6) is -6.66. The molecule has 2 heterocycles. The van der Waals surface area contributed by atoms with Crippen LogP contribution in [0.3, 0.4) is 0 Å². The van der Waals surface area contributed by atoms with Crippen molar-refractivity contribution in [2.24, 2.45) is 17.8 Å². The fraction of sp³-hybridized carbons (Fsp3) is 0.297. The van der Waals surface area contributed by atoms with E-state index in [9.17, 15) is 28.7 Å². The van der Waals surface area contributed by atoms with Crippen molar-refractivity contribution in [2.75, 3.05) is 24.6 Å². The third-order valence-electron chi connectivity index (χ3n) is 10.4. The molecule has 6 atom stereocenters. The summed E-state index contributed by atoms with van der Waals surface area (Å²) in [5.41, 5.74) is 2.17. The van der Waals surface area contributed by atoms with Crippen LogP contribution in [0, 0.1) is 23.6 Å². The number of nitrogens with zero attached hydrogens (tertiary/aromatic N) is 2. The van der Waals surface area contributed by atoms with Crippen LogP contribution in [0.4, 0.5) is 10.1 Å². The van der Waals surface area contributed by atoms with Crippen molar-refractivity contribution < 1.29 is 38.1 Å². The monoisotopic (exact) mass is 782 g/mol. The van der Waals surface area contributed by atoms with E-state index in [2.05, 4.69) is 15.9 Å². The van der Waals surface area contributed by atoms with Crippen LogP contribution in [-0.2, 0) is 19.2 Å². The number of methoxy groups -OCH3 is 2. The molecule has 3 fully saturated rings. The summed E-state index contributed by atoms with van der Waals surface area (Å²) in [6, 6.07) is 16.2. The van der Waals surface area contributed by atoms with Gasteiger partial charge in [-0.2, -0.15) is 0 Å². The highest BCUT2D eigenvalue weighted by molar-refractivity contribution is 9.09. The van der Waals surface area contributed by atoms with Gasteiger partial charge in [-0.05, 0) is 60.7 Å². The zero-order chi connectivity index (χ0) is 35.7. The van der Waals surface area contributed by atoms with Gasteiger partial charge in [-0.1, -0.05) is 64.0 Å². The molecule has 9 nitrogen and oxygen atoms in total. The molecule has 0 radical (unpaired) electrons. The summed E-state index contributed by atoms with van der Waals surface area (Å²) >= 11 is 17.5. The third kappa shape index (κ3) is 4.84. The second-order valence-corrected chi connectivity index (χ2v) is 14.5. The Labute approximate surface area is 305 Å². The van der Waals surface area contributed by atoms with Crippen LogP contribution in [0.25, 0.3) is 12.2 Å². The van der Waals surface area contributed by atoms with Gasteiger partial charge in [-0.15, -0.1) is 23.2 Å². The number of halogens is 4. The third-order valence-corrected chi connectivity index (χ3v) is 12.3. The predicted molar refractivity (Wildman–Crippen MR) is 189 cm³/mol. The molecule has 0 aromatic heterocycles. The van der Waals surface area contributed by atoms with E-state index in [1.54, 1.807) is 56.7 Å². The maximum Gasteiger partial charge on any atom is 0.254 e. The van der Waals surface area contributed by atoms with E-state index in [0.29, 0.717) is 22.8 Å². The largest absolute Gasteiger partial charge is 0.505 e. The molecule has 2 saturated heterocycles. The van der Waals surface area contributed by atoms with Crippen LogP contribution < -0.4 is 14.4 Å². The van der Waals surface area contributed by atoms with Gasteiger partial charge in [0.25, 0.3) is 11.8 Å². The van der Waals surface area contributed by atoms with Crippen molar-refractivity contribution in [3.63, 3.8) is 0 Å². The number of para-hydroxylation sites is 1. The second-order valence-electron chi connectivity index (χ2n) is 12.7. The van der Waals surface area contributed by atoms with Crippen LogP contribution in [0.5, 0.6) is 17.2 Å². The van der Waals surface area contributed by atoms with Crippen molar-refractivity contribution in [1.82, 2.24) is 4.90 Å². The predicted octanol–water partition coefficient (Wildman–Crippen LogP) is 6.63. The molecule has 4 amide bonds. The standard InChI is InChI=1S/C37H30BrCl2FN2O7/c1-49-22-12-15-28(50-2)20(16-22)9-6-19-7-10-21(11-8-19)43-32(45)24-14-13-23-26(29(24)33(43)46)17-36(39)34(47)42(18-38)35(48)37(36,40)30(23)25-4-3-5-27(41)31(25)44/h3-13,15-16,24,26,29-30,44H,14,17-18H2,1-2H3. The quantitative estimate of drug-likeness (QED) is 0.0941. The van der Waals surface area contributed by atoms with Gasteiger partial charge in [-0.25, -0.2) is 4.39 Å². The van der Waals surface area contributed by atoms with Crippen LogP contribution in [-0.4, -0.2) is 63.1 Å². The fourth-order valence-corrected chi connectivity index (χ4v) is 9.43. The lowest BCUT2D eigenvalue weighted by Gasteiger charge is -2.50. The normalized spacial score (nSPS) is 28.9. The van der Waals surface area contributed by atoms with Gasteiger partial charge >= 0.3 is 0 Å². The first-order chi connectivity index (χ1) is 23.9. The van der Waals surface area contributed by atoms with Crippen molar-refractivity contribution in [2.45, 2.75) is 28.5 Å². The van der Waals surface area contributed by atoms with Gasteiger partial charge in [0.1, 0.15) is 11.5 Å². The summed E-state index contributed by atoms with van der Waals surface area (Å²) in [7, 11) is 3.16. The van der Waals surface area contributed by atoms with Gasteiger partial charge < -0.3 is 14.6 Å². The molecule has 50 heavy (non-hydrogen) atoms. The zero-order valence-corrected chi connectivity index (χ0v) is 29.8. The first kappa shape index (κ1) is 34.3. The lowest BCUT2D eigenvalue weighted by molar-refractivity contribution is -0.138. The number of anilines is 1. The van der Waals surface area contributed by atoms with Crippen molar-refractivity contribution in [3.05, 3.63) is 94.8 Å². The summed E-state index contributed by atoms with van der Waals surface area (Å²) in [5, 5.41) is 10.9. The summed E-state index contributed by atoms with van der Waals surface area (Å²) in [6.07, 6.45) is 5.36. The number of benzene rings is 3. The van der Waals surface area contributed by atoms with E-state index in [4.69, 9.17) is 32.7 Å². The number of aromatic hydroxyl groups is 1. The van der Waals surface area contributed by atoms with Gasteiger partial charge in [0.05, 0.1) is 37.2 Å². The highest BCUT2D eigenvalue weighted by Gasteiger charge is 2.76. The van der Waals surface area contributed by atoms with Crippen LogP contribution in [0.1, 0.15) is 35.4 Å². The Morgan fingerprint density at radius 3 is 2.38 bits per heavy atom. The fourth-order valence-electron chi connectivity index (χ4n) is 8.01. The number of allylic oxidation sites excluding steroid dienone is 2. The number of imide groups is 2. The minimum atomic E-state index is -2.15. The first-order valence-electron chi connectivity index (χ1n) is 15.8. The molecule has 0 bridgehead atoms. The average molecular weight is 784 g/mol. The molecule has 3 aromatic rings. The lowest BCUT2D eigenvalue weighted by atomic mass is 9.56. The lowest BCUT2D eigenvalue weighted by Crippen LogP contribution is -2.60. The molecule has 7 rings (SSSR count). The maximum absolute atomic E-state index is 14.8. The van der Waals surface area contributed by atoms with E-state index < -0.39 is 68.6 Å². The maximum atomic E-state index is 14.8. The minimum Gasteiger partial charge on any atom is -0.505 e. The number of fused-ring (bicyclic) bond motifs is 4. The van der Waals surface area contributed by atoms with E-state index in [-0.39, 0.29) is 23.9 Å². The molecule has 2 aliphatic carbocycles. The molecule has 258 valence electrons. The smallest absolute Gasteiger partial charge is 0.254 e. The SMILES string of the molecule is COc1ccc(OC)c(C=Cc2ccc(N3C(=O)C4CC=C5C(CC6(Cl)C(=O)N(CBr)C(=O)C6(Cl)C5c5cccc(F)c5O)C4C3=O)cc2)c1. The number of amides is 4. The summed E-state index contributed by atoms with van der Waals surface area (Å²) in [6.45, 7) is 0. The molecule has 4 aliphatic rings. The number of rotatable bonds is 7. The highest BCUT2D eigenvalue weighted by atomic mass is 79.9. The Morgan fingerprint density at radius 1 is 0.960 bits per heavy atom. The number of hydrogen-bond acceptors (Lipinski definition) is 7. The Bertz CT molecular complexity index is 2020. The first-order valence-corrected chi connectivity index (χ1v) is 17.6. The van der Waals surface area contributed by atoms with Crippen LogP contribution in [0.15, 0.2) is 72.3 Å². The van der Waals surface area contributed by atoms with Gasteiger partial charge in [0.2, 0.25) is 11.8 Å². The Hall–Kier alpha value is -4.19. The van der Waals surface area contributed by atoms with Crippen molar-refractivity contribution >= 4 is 80.6 Å². The van der Waals surface area contributed by atoms with Gasteiger partial charge in [-0.3, -0.25) is 29.0 Å². The molecule has 3 aromatic carbocycles. The molecule has 13 heteroatoms. The van der Waals surface area contributed by atoms with Crippen molar-refractivity contribution in [3.8, 4) is 17.2 Å². The van der Waals surface area contributed by atoms with E-state index in [0.717, 1.165) is 27.0 Å². The van der Waals surface area contributed by atoms with E-state index in [1.165, 1.54) is 12.1 Å². The topological polar surface area (TPSA) is 113 Å². The molecule has 2 aliphatic heterocycles. The number of phenolic OH excluding ortho intramolecular Hbond substituents is 1. The number of phenols is 1. The summed E-state index contributed by atoms with van der Waals surface area (Å²) in [4.78, 5) is 53.7. The number of ether oxygens (including phenoxy) is 2. The molecule has 1 N–H and O–H groups in total. The van der Waals surface area contributed by atoms with Gasteiger partial charge in [0.15, 0.2) is 21.3 Å². The minimum absolute atomic E-state index is 0.0409. The Balaban J connectivity index is 1.24. The molecule has 0 spiro atoms. The number of likely N-dealkylation sites (tertiary alicyclic amines) is 1. The van der Waals surface area contributed by atoms with E-state index in [1.807, 2.05) is 18.2 Å². The highest BCUT2D eigenvalue weighted by Crippen LogP contribution is 2.66. The Kier molecular flexibility index (Phi) is 8.60. The van der Waals surface area contributed by atoms with Crippen LogP contribution >= 0.6 is 39.1 Å². The van der Waals surface area contributed by atoms with Crippen molar-refractivity contribution in [1.29, 1.82) is 0 Å². The molecular formula is C37H30BrCl2FN2O7.